The van der Waals surface area contributed by atoms with E-state index in [9.17, 15) is 25.9 Å². The van der Waals surface area contributed by atoms with Crippen molar-refractivity contribution in [2.24, 2.45) is 11.8 Å². The molecule has 11 heteroatoms. The van der Waals surface area contributed by atoms with Crippen molar-refractivity contribution in [1.29, 1.82) is 0 Å². The van der Waals surface area contributed by atoms with Crippen molar-refractivity contribution < 1.29 is 34.3 Å². The van der Waals surface area contributed by atoms with E-state index in [1.807, 2.05) is 0 Å². The van der Waals surface area contributed by atoms with Crippen LogP contribution in [0.25, 0.3) is 0 Å². The molecule has 0 spiro atoms. The molecule has 0 saturated heterocycles. The van der Waals surface area contributed by atoms with Gasteiger partial charge in [-0.2, -0.15) is 0 Å². The number of unbranched alkanes of at least 4 members (excludes halogenated alkanes) is 48. The van der Waals surface area contributed by atoms with E-state index >= 15 is 0 Å². The summed E-state index contributed by atoms with van der Waals surface area (Å²) in [5.74, 6) is 0.397. The van der Waals surface area contributed by atoms with Gasteiger partial charge in [-0.1, -0.05) is 362 Å². The van der Waals surface area contributed by atoms with Crippen molar-refractivity contribution in [3.63, 3.8) is 0 Å². The molecular formula is C64H130CaO8S2. The molecule has 0 rings (SSSR count). The smallest absolute Gasteiger partial charge is 0.726 e. The standard InChI is InChI=1S/2C32H66O4S.Ca/c2*1-3-5-7-9-11-13-15-16-17-18-19-20-22-24-26-28-30-32(31-36-37(33,34)35)29-27-25-23-21-14-12-10-8-6-4-2;/h2*32H,3-31H2,1-2H3,(H,33,34,35);/q;;+2/p-2. The van der Waals surface area contributed by atoms with Crippen LogP contribution >= 0.6 is 0 Å². The van der Waals surface area contributed by atoms with Gasteiger partial charge in [0.2, 0.25) is 20.8 Å². The summed E-state index contributed by atoms with van der Waals surface area (Å²) in [5, 5.41) is 0. The van der Waals surface area contributed by atoms with Gasteiger partial charge in [-0.15, -0.1) is 0 Å². The Balaban J connectivity index is -0.00000136. The first kappa shape index (κ1) is 80.2. The number of hydrogen-bond donors (Lipinski definition) is 0. The van der Waals surface area contributed by atoms with E-state index in [2.05, 4.69) is 36.1 Å². The molecule has 0 saturated carbocycles. The van der Waals surface area contributed by atoms with Crippen LogP contribution in [0, 0.1) is 11.8 Å². The molecule has 0 aromatic heterocycles. The third-order valence-electron chi connectivity index (χ3n) is 15.8. The number of hydrogen-bond acceptors (Lipinski definition) is 8. The van der Waals surface area contributed by atoms with Gasteiger partial charge in [0.05, 0.1) is 13.2 Å². The second-order valence-corrected chi connectivity index (χ2v) is 25.3. The summed E-state index contributed by atoms with van der Waals surface area (Å²) in [6.07, 6.45) is 73.3. The zero-order valence-corrected chi connectivity index (χ0v) is 54.8. The maximum Gasteiger partial charge on any atom is 2.00 e. The van der Waals surface area contributed by atoms with Crippen molar-refractivity contribution in [3.8, 4) is 0 Å². The third-order valence-corrected chi connectivity index (χ3v) is 16.6. The van der Waals surface area contributed by atoms with Gasteiger partial charge in [0.15, 0.2) is 0 Å². The molecule has 0 amide bonds. The molecule has 0 radical (unpaired) electrons. The Hall–Kier alpha value is 1.000. The molecular weight excluding hydrogens is 1000 g/mol. The van der Waals surface area contributed by atoms with E-state index < -0.39 is 20.8 Å². The fraction of sp³-hybridized carbons (Fsp3) is 1.00. The Morgan fingerprint density at radius 2 is 0.360 bits per heavy atom. The predicted molar refractivity (Wildman–Crippen MR) is 325 cm³/mol. The van der Waals surface area contributed by atoms with Crippen LogP contribution in [0.5, 0.6) is 0 Å². The van der Waals surface area contributed by atoms with Crippen molar-refractivity contribution in [2.45, 2.75) is 387 Å². The van der Waals surface area contributed by atoms with Crippen LogP contribution < -0.4 is 0 Å². The molecule has 0 N–H and O–H groups in total. The summed E-state index contributed by atoms with van der Waals surface area (Å²) in [7, 11) is -9.16. The van der Waals surface area contributed by atoms with Gasteiger partial charge in [0.1, 0.15) is 0 Å². The van der Waals surface area contributed by atoms with Gasteiger partial charge in [-0.25, -0.2) is 16.8 Å². The Labute approximate surface area is 501 Å². The monoisotopic (exact) mass is 1130 g/mol. The molecule has 8 nitrogen and oxygen atoms in total. The van der Waals surface area contributed by atoms with Crippen molar-refractivity contribution in [3.05, 3.63) is 0 Å². The molecule has 2 unspecified atom stereocenters. The fourth-order valence-corrected chi connectivity index (χ4v) is 11.5. The molecule has 0 aliphatic carbocycles. The number of rotatable bonds is 62. The largest absolute Gasteiger partial charge is 2.00 e. The van der Waals surface area contributed by atoms with E-state index in [1.54, 1.807) is 0 Å². The zero-order chi connectivity index (χ0) is 54.6. The zero-order valence-electron chi connectivity index (χ0n) is 51.0. The summed E-state index contributed by atoms with van der Waals surface area (Å²) >= 11 is 0. The average molecular weight is 1130 g/mol. The molecule has 0 aliphatic rings. The van der Waals surface area contributed by atoms with E-state index in [4.69, 9.17) is 0 Å². The molecule has 0 fully saturated rings. The maximum absolute atomic E-state index is 10.9. The first-order valence-electron chi connectivity index (χ1n) is 33.2. The van der Waals surface area contributed by atoms with Crippen LogP contribution in [0.3, 0.4) is 0 Å². The van der Waals surface area contributed by atoms with Gasteiger partial charge in [0.25, 0.3) is 0 Å². The fourth-order valence-electron chi connectivity index (χ4n) is 10.8. The first-order valence-corrected chi connectivity index (χ1v) is 35.9. The first-order chi connectivity index (χ1) is 36.0. The van der Waals surface area contributed by atoms with Crippen LogP contribution in [0.2, 0.25) is 0 Å². The quantitative estimate of drug-likeness (QED) is 0.0254. The summed E-state index contributed by atoms with van der Waals surface area (Å²) in [4.78, 5) is 0. The van der Waals surface area contributed by atoms with Crippen LogP contribution in [0.4, 0.5) is 0 Å². The van der Waals surface area contributed by atoms with Gasteiger partial charge in [0, 0.05) is 0 Å². The van der Waals surface area contributed by atoms with Crippen LogP contribution in [0.1, 0.15) is 387 Å². The second-order valence-electron chi connectivity index (χ2n) is 23.2. The summed E-state index contributed by atoms with van der Waals surface area (Å²) < 4.78 is 74.8. The molecule has 0 aromatic carbocycles. The van der Waals surface area contributed by atoms with Gasteiger partial charge < -0.3 is 9.11 Å². The van der Waals surface area contributed by atoms with Gasteiger partial charge in [-0.3, -0.25) is 8.37 Å². The van der Waals surface area contributed by atoms with E-state index in [0.717, 1.165) is 51.4 Å². The molecule has 448 valence electrons. The van der Waals surface area contributed by atoms with Crippen molar-refractivity contribution in [1.82, 2.24) is 0 Å². The van der Waals surface area contributed by atoms with Gasteiger partial charge in [-0.05, 0) is 37.5 Å². The molecule has 2 atom stereocenters. The van der Waals surface area contributed by atoms with Crippen LogP contribution in [0.15, 0.2) is 0 Å². The van der Waals surface area contributed by atoms with Crippen molar-refractivity contribution in [2.75, 3.05) is 13.2 Å². The summed E-state index contributed by atoms with van der Waals surface area (Å²) in [6, 6.07) is 0. The Morgan fingerprint density at radius 3 is 0.480 bits per heavy atom. The molecule has 0 heterocycles. The van der Waals surface area contributed by atoms with Gasteiger partial charge >= 0.3 is 37.7 Å². The topological polar surface area (TPSA) is 133 Å². The van der Waals surface area contributed by atoms with E-state index in [1.165, 1.54) is 308 Å². The summed E-state index contributed by atoms with van der Waals surface area (Å²) in [6.45, 7) is 9.21. The predicted octanol–water partition coefficient (Wildman–Crippen LogP) is 21.7. The molecule has 0 aromatic rings. The maximum atomic E-state index is 10.9. The minimum atomic E-state index is -4.58. The molecule has 0 aliphatic heterocycles. The van der Waals surface area contributed by atoms with Crippen molar-refractivity contribution >= 4 is 58.5 Å². The summed E-state index contributed by atoms with van der Waals surface area (Å²) in [5.41, 5.74) is 0. The molecule has 0 bridgehead atoms. The second kappa shape index (κ2) is 65.8. The minimum Gasteiger partial charge on any atom is -0.726 e. The average Bonchev–Trinajstić information content (AvgIpc) is 3.37. The Morgan fingerprint density at radius 1 is 0.240 bits per heavy atom. The van der Waals surface area contributed by atoms with E-state index in [0.29, 0.717) is 0 Å². The normalized spacial score (nSPS) is 12.7. The SMILES string of the molecule is CCCCCCCCCCCCCCCCCCC(CCCCCCCCCCCC)COS(=O)(=O)[O-].CCCCCCCCCCCCCCCCCCC(CCCCCCCCCCCC)COS(=O)(=O)[O-].[Ca+2]. The minimum absolute atomic E-state index is 0. The molecule has 75 heavy (non-hydrogen) atoms. The van der Waals surface area contributed by atoms with Crippen LogP contribution in [-0.4, -0.2) is 76.9 Å². The van der Waals surface area contributed by atoms with E-state index in [-0.39, 0.29) is 62.8 Å². The Bertz CT molecular complexity index is 1170. The van der Waals surface area contributed by atoms with Crippen LogP contribution in [-0.2, 0) is 29.2 Å². The third kappa shape index (κ3) is 75.0. The Kier molecular flexibility index (Phi) is 70.4.